The predicted molar refractivity (Wildman–Crippen MR) is 121 cm³/mol. The van der Waals surface area contributed by atoms with E-state index in [2.05, 4.69) is 15.6 Å². The number of benzene rings is 1. The Morgan fingerprint density at radius 1 is 1.07 bits per heavy atom. The number of rotatable bonds is 14. The second kappa shape index (κ2) is 15.5. The van der Waals surface area contributed by atoms with Crippen LogP contribution in [-0.4, -0.2) is 49.4 Å². The van der Waals surface area contributed by atoms with Gasteiger partial charge in [-0.2, -0.15) is 0 Å². The Kier molecular flexibility index (Phi) is 13.3. The number of hydrogen-bond acceptors (Lipinski definition) is 5. The average molecular weight is 422 g/mol. The Morgan fingerprint density at radius 3 is 2.40 bits per heavy atom. The molecule has 0 spiro atoms. The van der Waals surface area contributed by atoms with Gasteiger partial charge in [-0.25, -0.2) is 0 Å². The first-order valence-corrected chi connectivity index (χ1v) is 11.1. The largest absolute Gasteiger partial charge is 0.491 e. The van der Waals surface area contributed by atoms with E-state index in [1.54, 1.807) is 0 Å². The molecule has 0 radical (unpaired) electrons. The number of hydrogen-bond donors (Lipinski definition) is 3. The predicted octanol–water partition coefficient (Wildman–Crippen LogP) is 3.58. The molecule has 0 aliphatic carbocycles. The molecule has 1 rings (SSSR count). The van der Waals surface area contributed by atoms with E-state index in [-0.39, 0.29) is 18.6 Å². The van der Waals surface area contributed by atoms with E-state index in [9.17, 15) is 9.90 Å². The van der Waals surface area contributed by atoms with Gasteiger partial charge in [0.15, 0.2) is 5.96 Å². The molecule has 1 unspecified atom stereocenters. The Morgan fingerprint density at radius 2 is 1.77 bits per heavy atom. The van der Waals surface area contributed by atoms with Crippen molar-refractivity contribution in [1.29, 1.82) is 0 Å². The minimum Gasteiger partial charge on any atom is -0.491 e. The molecule has 170 valence electrons. The zero-order chi connectivity index (χ0) is 22.2. The van der Waals surface area contributed by atoms with Gasteiger partial charge in [-0.1, -0.05) is 25.0 Å². The van der Waals surface area contributed by atoms with Crippen LogP contribution < -0.4 is 15.4 Å². The maximum Gasteiger partial charge on any atom is 0.305 e. The Bertz CT molecular complexity index is 617. The van der Waals surface area contributed by atoms with Crippen molar-refractivity contribution < 1.29 is 19.4 Å². The summed E-state index contributed by atoms with van der Waals surface area (Å²) in [5, 5.41) is 16.9. The Labute approximate surface area is 181 Å². The molecule has 1 aromatic carbocycles. The lowest BCUT2D eigenvalue weighted by atomic mass is 10.1. The topological polar surface area (TPSA) is 92.2 Å². The molecule has 0 aromatic heterocycles. The SMILES string of the molecule is CCNC(=NCC(O)c1ccc(OC(C)C)cc1)NCCCCCCC(=O)OCC. The highest BCUT2D eigenvalue weighted by Crippen LogP contribution is 2.19. The first kappa shape index (κ1) is 25.8. The molecule has 7 nitrogen and oxygen atoms in total. The summed E-state index contributed by atoms with van der Waals surface area (Å²) in [6.07, 6.45) is 3.84. The molecular formula is C23H39N3O4. The summed E-state index contributed by atoms with van der Waals surface area (Å²) >= 11 is 0. The van der Waals surface area contributed by atoms with Crippen LogP contribution in [0.25, 0.3) is 0 Å². The van der Waals surface area contributed by atoms with Crippen molar-refractivity contribution in [1.82, 2.24) is 10.6 Å². The molecule has 1 aromatic rings. The van der Waals surface area contributed by atoms with Crippen LogP contribution in [0.2, 0.25) is 0 Å². The van der Waals surface area contributed by atoms with Crippen molar-refractivity contribution in [2.45, 2.75) is 72.0 Å². The number of aliphatic hydroxyl groups excluding tert-OH is 1. The van der Waals surface area contributed by atoms with E-state index in [4.69, 9.17) is 9.47 Å². The van der Waals surface area contributed by atoms with Gasteiger partial charge in [0, 0.05) is 19.5 Å². The second-order valence-corrected chi connectivity index (χ2v) is 7.37. The average Bonchev–Trinajstić information content (AvgIpc) is 2.71. The number of carbonyl (C=O) groups is 1. The normalized spacial score (nSPS) is 12.5. The van der Waals surface area contributed by atoms with Gasteiger partial charge < -0.3 is 25.2 Å². The number of unbranched alkanes of at least 4 members (excludes halogenated alkanes) is 3. The lowest BCUT2D eigenvalue weighted by Gasteiger charge is -2.14. The van der Waals surface area contributed by atoms with Gasteiger partial charge in [0.25, 0.3) is 0 Å². The molecule has 0 bridgehead atoms. The van der Waals surface area contributed by atoms with Crippen LogP contribution in [0.15, 0.2) is 29.3 Å². The first-order chi connectivity index (χ1) is 14.5. The maximum atomic E-state index is 11.3. The highest BCUT2D eigenvalue weighted by atomic mass is 16.5. The van der Waals surface area contributed by atoms with Crippen molar-refractivity contribution in [3.8, 4) is 5.75 Å². The number of esters is 1. The zero-order valence-corrected chi connectivity index (χ0v) is 18.9. The van der Waals surface area contributed by atoms with Crippen LogP contribution in [0.1, 0.15) is 71.5 Å². The number of aliphatic imine (C=N–C) groups is 1. The quantitative estimate of drug-likeness (QED) is 0.184. The van der Waals surface area contributed by atoms with Gasteiger partial charge >= 0.3 is 5.97 Å². The standard InChI is InChI=1S/C23H39N3O4/c1-5-24-23(25-16-10-8-7-9-11-22(28)29-6-2)26-17-21(27)19-12-14-20(15-13-19)30-18(3)4/h12-15,18,21,27H,5-11,16-17H2,1-4H3,(H2,24,25,26). The van der Waals surface area contributed by atoms with E-state index < -0.39 is 6.10 Å². The molecule has 30 heavy (non-hydrogen) atoms. The molecule has 0 aliphatic heterocycles. The van der Waals surface area contributed by atoms with Crippen molar-refractivity contribution >= 4 is 11.9 Å². The van der Waals surface area contributed by atoms with Crippen molar-refractivity contribution in [2.24, 2.45) is 4.99 Å². The van der Waals surface area contributed by atoms with Gasteiger partial charge in [-0.05, 0) is 58.2 Å². The Hall–Kier alpha value is -2.28. The summed E-state index contributed by atoms with van der Waals surface area (Å²) < 4.78 is 10.6. The van der Waals surface area contributed by atoms with Crippen LogP contribution in [0.5, 0.6) is 5.75 Å². The smallest absolute Gasteiger partial charge is 0.305 e. The van der Waals surface area contributed by atoms with Crippen LogP contribution in [0.3, 0.4) is 0 Å². The molecule has 1 atom stereocenters. The number of nitrogens with one attached hydrogen (secondary N) is 2. The molecular weight excluding hydrogens is 382 g/mol. The summed E-state index contributed by atoms with van der Waals surface area (Å²) in [4.78, 5) is 15.8. The number of nitrogens with zero attached hydrogens (tertiary/aromatic N) is 1. The van der Waals surface area contributed by atoms with Gasteiger partial charge in [-0.3, -0.25) is 9.79 Å². The molecule has 0 heterocycles. The Balaban J connectivity index is 2.34. The third kappa shape index (κ3) is 11.7. The summed E-state index contributed by atoms with van der Waals surface area (Å²) in [7, 11) is 0. The lowest BCUT2D eigenvalue weighted by molar-refractivity contribution is -0.143. The number of guanidine groups is 1. The minimum atomic E-state index is -0.670. The summed E-state index contributed by atoms with van der Waals surface area (Å²) in [6.45, 7) is 10.1. The van der Waals surface area contributed by atoms with Gasteiger partial charge in [0.05, 0.1) is 25.4 Å². The van der Waals surface area contributed by atoms with Gasteiger partial charge in [0.2, 0.25) is 0 Å². The molecule has 0 saturated heterocycles. The lowest BCUT2D eigenvalue weighted by Crippen LogP contribution is -2.38. The molecule has 0 saturated carbocycles. The molecule has 3 N–H and O–H groups in total. The van der Waals surface area contributed by atoms with Crippen LogP contribution in [0.4, 0.5) is 0 Å². The van der Waals surface area contributed by atoms with Crippen LogP contribution in [-0.2, 0) is 9.53 Å². The minimum absolute atomic E-state index is 0.113. The van der Waals surface area contributed by atoms with Crippen molar-refractivity contribution in [2.75, 3.05) is 26.2 Å². The third-order valence-electron chi connectivity index (χ3n) is 4.31. The van der Waals surface area contributed by atoms with E-state index >= 15 is 0 Å². The fourth-order valence-corrected chi connectivity index (χ4v) is 2.85. The molecule has 7 heteroatoms. The van der Waals surface area contributed by atoms with E-state index in [0.717, 1.165) is 50.1 Å². The number of aliphatic hydroxyl groups is 1. The summed E-state index contributed by atoms with van der Waals surface area (Å²) in [5.74, 6) is 1.38. The fraction of sp³-hybridized carbons (Fsp3) is 0.652. The molecule has 0 amide bonds. The number of carbonyl (C=O) groups excluding carboxylic acids is 1. The highest BCUT2D eigenvalue weighted by molar-refractivity contribution is 5.79. The van der Waals surface area contributed by atoms with Crippen molar-refractivity contribution in [3.63, 3.8) is 0 Å². The summed E-state index contributed by atoms with van der Waals surface area (Å²) in [5.41, 5.74) is 0.812. The third-order valence-corrected chi connectivity index (χ3v) is 4.31. The van der Waals surface area contributed by atoms with Gasteiger partial charge in [-0.15, -0.1) is 0 Å². The van der Waals surface area contributed by atoms with Gasteiger partial charge in [0.1, 0.15) is 5.75 Å². The fourth-order valence-electron chi connectivity index (χ4n) is 2.85. The van der Waals surface area contributed by atoms with E-state index in [0.29, 0.717) is 19.0 Å². The molecule has 0 aliphatic rings. The second-order valence-electron chi connectivity index (χ2n) is 7.37. The van der Waals surface area contributed by atoms with E-state index in [1.807, 2.05) is 52.0 Å². The summed E-state index contributed by atoms with van der Waals surface area (Å²) in [6, 6.07) is 7.48. The monoisotopic (exact) mass is 421 g/mol. The first-order valence-electron chi connectivity index (χ1n) is 11.1. The molecule has 0 fully saturated rings. The van der Waals surface area contributed by atoms with E-state index in [1.165, 1.54) is 0 Å². The van der Waals surface area contributed by atoms with Crippen molar-refractivity contribution in [3.05, 3.63) is 29.8 Å². The van der Waals surface area contributed by atoms with Crippen LogP contribution in [0, 0.1) is 0 Å². The highest BCUT2D eigenvalue weighted by Gasteiger charge is 2.08. The zero-order valence-electron chi connectivity index (χ0n) is 18.9. The maximum absolute atomic E-state index is 11.3. The van der Waals surface area contributed by atoms with Crippen LogP contribution >= 0.6 is 0 Å². The number of ether oxygens (including phenoxy) is 2.